The summed E-state index contributed by atoms with van der Waals surface area (Å²) in [5, 5.41) is 0. The van der Waals surface area contributed by atoms with Crippen LogP contribution in [0.5, 0.6) is 0 Å². The van der Waals surface area contributed by atoms with Crippen molar-refractivity contribution in [2.45, 2.75) is 6.43 Å². The molecule has 0 atom stereocenters. The van der Waals surface area contributed by atoms with Gasteiger partial charge in [-0.2, -0.15) is 0 Å². The third-order valence-corrected chi connectivity index (χ3v) is 2.36. The average molecular weight is 222 g/mol. The topological polar surface area (TPSA) is 0 Å². The molecule has 0 heterocycles. The van der Waals surface area contributed by atoms with Crippen molar-refractivity contribution >= 4 is 0 Å². The molecule has 0 aliphatic heterocycles. The lowest BCUT2D eigenvalue weighted by Gasteiger charge is -2.09. The Morgan fingerprint density at radius 3 is 2.12 bits per heavy atom. The number of rotatable bonds is 2. The van der Waals surface area contributed by atoms with Crippen LogP contribution in [-0.2, 0) is 0 Å². The minimum absolute atomic E-state index is 0.246. The molecule has 0 spiro atoms. The zero-order valence-corrected chi connectivity index (χ0v) is 8.33. The van der Waals surface area contributed by atoms with Crippen LogP contribution >= 0.6 is 0 Å². The van der Waals surface area contributed by atoms with Gasteiger partial charge in [-0.05, 0) is 17.2 Å². The molecule has 0 bridgehead atoms. The molecule has 0 saturated carbocycles. The van der Waals surface area contributed by atoms with Crippen molar-refractivity contribution in [1.82, 2.24) is 0 Å². The van der Waals surface area contributed by atoms with E-state index in [2.05, 4.69) is 0 Å². The quantitative estimate of drug-likeness (QED) is 0.705. The first-order valence-electron chi connectivity index (χ1n) is 4.82. The van der Waals surface area contributed by atoms with Crippen LogP contribution in [0.25, 0.3) is 11.1 Å². The molecule has 82 valence electrons. The van der Waals surface area contributed by atoms with E-state index >= 15 is 0 Å². The van der Waals surface area contributed by atoms with Gasteiger partial charge in [0.05, 0.1) is 5.56 Å². The maximum atomic E-state index is 13.3. The Morgan fingerprint density at radius 2 is 1.50 bits per heavy atom. The lowest BCUT2D eigenvalue weighted by Crippen LogP contribution is -1.94. The Hall–Kier alpha value is -1.77. The second-order valence-corrected chi connectivity index (χ2v) is 3.37. The molecule has 0 radical (unpaired) electrons. The van der Waals surface area contributed by atoms with Crippen LogP contribution in [0.2, 0.25) is 0 Å². The van der Waals surface area contributed by atoms with Crippen molar-refractivity contribution < 1.29 is 13.2 Å². The summed E-state index contributed by atoms with van der Waals surface area (Å²) in [4.78, 5) is 0. The molecular formula is C13H9F3. The summed E-state index contributed by atoms with van der Waals surface area (Å²) >= 11 is 0. The highest BCUT2D eigenvalue weighted by molar-refractivity contribution is 5.67. The normalized spacial score (nSPS) is 10.8. The van der Waals surface area contributed by atoms with Crippen molar-refractivity contribution in [3.05, 3.63) is 59.9 Å². The average Bonchev–Trinajstić information content (AvgIpc) is 2.29. The first-order chi connectivity index (χ1) is 7.70. The zero-order valence-electron chi connectivity index (χ0n) is 8.33. The predicted molar refractivity (Wildman–Crippen MR) is 56.8 cm³/mol. The summed E-state index contributed by atoms with van der Waals surface area (Å²) in [7, 11) is 0. The summed E-state index contributed by atoms with van der Waals surface area (Å²) in [5.41, 5.74) is 0.307. The van der Waals surface area contributed by atoms with Crippen molar-refractivity contribution in [3.63, 3.8) is 0 Å². The van der Waals surface area contributed by atoms with Crippen LogP contribution < -0.4 is 0 Å². The highest BCUT2D eigenvalue weighted by Crippen LogP contribution is 2.32. The molecule has 0 amide bonds. The molecule has 0 aliphatic rings. The fourth-order valence-electron chi connectivity index (χ4n) is 1.63. The minimum Gasteiger partial charge on any atom is -0.206 e. The fourth-order valence-corrected chi connectivity index (χ4v) is 1.63. The molecule has 0 saturated heterocycles. The van der Waals surface area contributed by atoms with E-state index in [-0.39, 0.29) is 5.56 Å². The predicted octanol–water partition coefficient (Wildman–Crippen LogP) is 4.43. The van der Waals surface area contributed by atoms with E-state index in [1.54, 1.807) is 30.3 Å². The SMILES string of the molecule is Fc1cccc(-c2ccccc2)c1C(F)F. The molecule has 0 aliphatic carbocycles. The summed E-state index contributed by atoms with van der Waals surface area (Å²) in [6.07, 6.45) is -2.81. The van der Waals surface area contributed by atoms with Gasteiger partial charge in [0.1, 0.15) is 5.82 Å². The first kappa shape index (κ1) is 10.7. The van der Waals surface area contributed by atoms with Crippen LogP contribution in [0.1, 0.15) is 12.0 Å². The van der Waals surface area contributed by atoms with Crippen LogP contribution in [0, 0.1) is 5.82 Å². The molecule has 0 nitrogen and oxygen atoms in total. The molecule has 0 aromatic heterocycles. The van der Waals surface area contributed by atoms with E-state index < -0.39 is 17.8 Å². The standard InChI is InChI=1S/C13H9F3/c14-11-8-4-7-10(12(11)13(15)16)9-5-2-1-3-6-9/h1-8,13H. The maximum Gasteiger partial charge on any atom is 0.267 e. The van der Waals surface area contributed by atoms with Gasteiger partial charge in [0.2, 0.25) is 0 Å². The van der Waals surface area contributed by atoms with Gasteiger partial charge < -0.3 is 0 Å². The molecule has 2 rings (SSSR count). The molecular weight excluding hydrogens is 213 g/mol. The zero-order chi connectivity index (χ0) is 11.5. The Morgan fingerprint density at radius 1 is 0.812 bits per heavy atom. The molecule has 2 aromatic carbocycles. The van der Waals surface area contributed by atoms with Crippen LogP contribution in [0.4, 0.5) is 13.2 Å². The summed E-state index contributed by atoms with van der Waals surface area (Å²) in [5.74, 6) is -0.864. The van der Waals surface area contributed by atoms with Gasteiger partial charge in [0.15, 0.2) is 0 Å². The molecule has 3 heteroatoms. The summed E-state index contributed by atoms with van der Waals surface area (Å²) in [6.45, 7) is 0. The third kappa shape index (κ3) is 1.94. The number of alkyl halides is 2. The van der Waals surface area contributed by atoms with Crippen molar-refractivity contribution in [3.8, 4) is 11.1 Å². The Kier molecular flexibility index (Phi) is 2.95. The van der Waals surface area contributed by atoms with Gasteiger partial charge in [0, 0.05) is 0 Å². The van der Waals surface area contributed by atoms with Gasteiger partial charge >= 0.3 is 0 Å². The lowest BCUT2D eigenvalue weighted by molar-refractivity contribution is 0.147. The van der Waals surface area contributed by atoms with Gasteiger partial charge in [-0.3, -0.25) is 0 Å². The van der Waals surface area contributed by atoms with E-state index in [9.17, 15) is 13.2 Å². The highest BCUT2D eigenvalue weighted by Gasteiger charge is 2.18. The highest BCUT2D eigenvalue weighted by atomic mass is 19.3. The van der Waals surface area contributed by atoms with E-state index in [0.717, 1.165) is 6.07 Å². The smallest absolute Gasteiger partial charge is 0.206 e. The van der Waals surface area contributed by atoms with Crippen molar-refractivity contribution in [1.29, 1.82) is 0 Å². The fraction of sp³-hybridized carbons (Fsp3) is 0.0769. The van der Waals surface area contributed by atoms with Crippen molar-refractivity contribution in [2.75, 3.05) is 0 Å². The van der Waals surface area contributed by atoms with E-state index in [4.69, 9.17) is 0 Å². The van der Waals surface area contributed by atoms with Gasteiger partial charge in [-0.1, -0.05) is 42.5 Å². The number of hydrogen-bond donors (Lipinski definition) is 0. The maximum absolute atomic E-state index is 13.3. The first-order valence-corrected chi connectivity index (χ1v) is 4.82. The molecule has 0 N–H and O–H groups in total. The second-order valence-electron chi connectivity index (χ2n) is 3.37. The number of benzene rings is 2. The second kappa shape index (κ2) is 4.39. The molecule has 16 heavy (non-hydrogen) atoms. The number of hydrogen-bond acceptors (Lipinski definition) is 0. The van der Waals surface area contributed by atoms with E-state index in [1.807, 2.05) is 0 Å². The Labute approximate surface area is 91.4 Å². The van der Waals surface area contributed by atoms with Crippen molar-refractivity contribution in [2.24, 2.45) is 0 Å². The van der Waals surface area contributed by atoms with E-state index in [1.165, 1.54) is 12.1 Å². The lowest BCUT2D eigenvalue weighted by atomic mass is 9.99. The summed E-state index contributed by atoms with van der Waals surface area (Å²) < 4.78 is 38.8. The monoisotopic (exact) mass is 222 g/mol. The summed E-state index contributed by atoms with van der Waals surface area (Å²) in [6, 6.07) is 12.6. The van der Waals surface area contributed by atoms with E-state index in [0.29, 0.717) is 5.56 Å². The third-order valence-electron chi connectivity index (χ3n) is 2.36. The van der Waals surface area contributed by atoms with Gasteiger partial charge in [-0.15, -0.1) is 0 Å². The Balaban J connectivity index is 2.61. The molecule has 0 unspecified atom stereocenters. The largest absolute Gasteiger partial charge is 0.267 e. The minimum atomic E-state index is -2.81. The van der Waals surface area contributed by atoms with Crippen LogP contribution in [-0.4, -0.2) is 0 Å². The van der Waals surface area contributed by atoms with Gasteiger partial charge in [0.25, 0.3) is 6.43 Å². The molecule has 2 aromatic rings. The van der Waals surface area contributed by atoms with Crippen LogP contribution in [0.15, 0.2) is 48.5 Å². The Bertz CT molecular complexity index is 478. The molecule has 0 fully saturated rings. The van der Waals surface area contributed by atoms with Gasteiger partial charge in [-0.25, -0.2) is 13.2 Å². The number of halogens is 3. The van der Waals surface area contributed by atoms with Crippen LogP contribution in [0.3, 0.4) is 0 Å².